The zero-order valence-corrected chi connectivity index (χ0v) is 8.74. The van der Waals surface area contributed by atoms with Crippen LogP contribution >= 0.6 is 0 Å². The van der Waals surface area contributed by atoms with E-state index >= 15 is 0 Å². The predicted octanol–water partition coefficient (Wildman–Crippen LogP) is 0.0966. The summed E-state index contributed by atoms with van der Waals surface area (Å²) in [5.74, 6) is -0.907. The molecule has 0 atom stereocenters. The third kappa shape index (κ3) is 7.55. The van der Waals surface area contributed by atoms with Crippen molar-refractivity contribution in [2.45, 2.75) is 6.92 Å². The number of carbonyl (C=O) groups is 2. The number of hydrogen-bond donors (Lipinski definition) is 0. The maximum Gasteiger partial charge on any atom is 0.0803 e. The van der Waals surface area contributed by atoms with Gasteiger partial charge >= 0.3 is 0 Å². The largest absolute Gasteiger partial charge is 0.589 e. The summed E-state index contributed by atoms with van der Waals surface area (Å²) < 4.78 is 0. The van der Waals surface area contributed by atoms with Crippen LogP contribution in [0.1, 0.15) is 6.92 Å². The first-order valence-corrected chi connectivity index (χ1v) is 2.47. The van der Waals surface area contributed by atoms with Crippen molar-refractivity contribution in [3.05, 3.63) is 17.5 Å². The van der Waals surface area contributed by atoms with Gasteiger partial charge in [0.25, 0.3) is 0 Å². The molecule has 0 aromatic heterocycles. The van der Waals surface area contributed by atoms with E-state index < -0.39 is 11.8 Å². The topological polar surface area (TPSA) is 65.3 Å². The molecule has 1 radical (unpaired) electrons. The molecule has 11 heavy (non-hydrogen) atoms. The number of amides is 2. The Morgan fingerprint density at radius 1 is 1.27 bits per heavy atom. The van der Waals surface area contributed by atoms with Gasteiger partial charge in [-0.25, -0.2) is 0 Å². The standard InChI is InChI=1S/C4H3NO2.C2H3O.Y/c6-3-1-2-4(7)5-3;1-2-3;/h1-2H,(H,5,6,7);1H3;/q;-1;/p-1. The van der Waals surface area contributed by atoms with E-state index in [9.17, 15) is 9.59 Å². The van der Waals surface area contributed by atoms with Gasteiger partial charge in [0, 0.05) is 32.7 Å². The van der Waals surface area contributed by atoms with Crippen molar-refractivity contribution in [1.82, 2.24) is 0 Å². The maximum absolute atomic E-state index is 9.98. The van der Waals surface area contributed by atoms with Gasteiger partial charge in [-0.3, -0.25) is 6.29 Å². The summed E-state index contributed by atoms with van der Waals surface area (Å²) in [7, 11) is 0. The van der Waals surface area contributed by atoms with E-state index in [1.54, 1.807) is 0 Å². The van der Waals surface area contributed by atoms with Gasteiger partial charge in [0.1, 0.15) is 0 Å². The van der Waals surface area contributed by atoms with Gasteiger partial charge in [-0.15, -0.1) is 0 Å². The van der Waals surface area contributed by atoms with Crippen LogP contribution in [-0.4, -0.2) is 18.1 Å². The molecule has 4 nitrogen and oxygen atoms in total. The molecule has 1 aliphatic rings. The number of rotatable bonds is 0. The van der Waals surface area contributed by atoms with Crippen molar-refractivity contribution in [2.24, 2.45) is 0 Å². The van der Waals surface area contributed by atoms with Crippen molar-refractivity contribution in [1.29, 1.82) is 0 Å². The summed E-state index contributed by atoms with van der Waals surface area (Å²) in [5, 5.41) is 3.00. The van der Waals surface area contributed by atoms with Crippen LogP contribution < -0.4 is 0 Å². The van der Waals surface area contributed by atoms with E-state index in [1.807, 2.05) is 0 Å². The molecule has 0 unspecified atom stereocenters. The molecule has 0 N–H and O–H groups in total. The van der Waals surface area contributed by atoms with Crippen LogP contribution in [0, 0.1) is 0 Å². The van der Waals surface area contributed by atoms with Gasteiger partial charge in [-0.05, 0) is 12.2 Å². The minimum absolute atomic E-state index is 0. The van der Waals surface area contributed by atoms with Gasteiger partial charge in [-0.2, -0.15) is 6.92 Å². The minimum atomic E-state index is -0.454. The molecule has 0 saturated heterocycles. The zero-order chi connectivity index (χ0) is 7.98. The Bertz CT molecular complexity index is 172. The predicted molar refractivity (Wildman–Crippen MR) is 33.9 cm³/mol. The SMILES string of the molecule is C[C-]=O.O=C1C=CC(=O)[N-]1.[Y]. The van der Waals surface area contributed by atoms with Crippen molar-refractivity contribution in [3.63, 3.8) is 0 Å². The molecule has 0 aliphatic carbocycles. The smallest absolute Gasteiger partial charge is 0.0803 e. The van der Waals surface area contributed by atoms with Crippen molar-refractivity contribution in [2.75, 3.05) is 0 Å². The Kier molecular flexibility index (Phi) is 9.35. The number of carbonyl (C=O) groups excluding carboxylic acids is 3. The average Bonchev–Trinajstić information content (AvgIpc) is 2.17. The van der Waals surface area contributed by atoms with Crippen molar-refractivity contribution >= 4 is 18.1 Å². The fraction of sp³-hybridized carbons (Fsp3) is 0.167. The minimum Gasteiger partial charge on any atom is -0.589 e. The molecule has 0 fully saturated rings. The Hall–Kier alpha value is -0.346. The second-order valence-corrected chi connectivity index (χ2v) is 1.33. The monoisotopic (exact) mass is 228 g/mol. The number of nitrogens with zero attached hydrogens (tertiary/aromatic N) is 1. The Balaban J connectivity index is 0. The maximum atomic E-state index is 9.98. The average molecular weight is 228 g/mol. The van der Waals surface area contributed by atoms with Crippen molar-refractivity contribution < 1.29 is 47.1 Å². The molecule has 57 valence electrons. The molecule has 2 amide bonds. The number of hydrogen-bond acceptors (Lipinski definition) is 3. The molecule has 0 aromatic rings. The molecule has 0 bridgehead atoms. The molecule has 0 spiro atoms. The summed E-state index contributed by atoms with van der Waals surface area (Å²) in [6, 6.07) is 0. The molecular formula is C6H5NO3Y-2. The quantitative estimate of drug-likeness (QED) is 0.436. The summed E-state index contributed by atoms with van der Waals surface area (Å²) >= 11 is 0. The van der Waals surface area contributed by atoms with Gasteiger partial charge in [0.15, 0.2) is 0 Å². The van der Waals surface area contributed by atoms with Gasteiger partial charge in [0.05, 0.1) is 11.8 Å². The third-order valence-corrected chi connectivity index (χ3v) is 0.589. The van der Waals surface area contributed by atoms with E-state index in [1.165, 1.54) is 13.2 Å². The molecular weight excluding hydrogens is 223 g/mol. The van der Waals surface area contributed by atoms with E-state index in [0.717, 1.165) is 12.2 Å². The number of imide groups is 1. The van der Waals surface area contributed by atoms with E-state index in [4.69, 9.17) is 4.79 Å². The Morgan fingerprint density at radius 3 is 1.64 bits per heavy atom. The summed E-state index contributed by atoms with van der Waals surface area (Å²) in [5.41, 5.74) is 0. The van der Waals surface area contributed by atoms with Crippen LogP contribution in [0.3, 0.4) is 0 Å². The third-order valence-electron chi connectivity index (χ3n) is 0.589. The summed E-state index contributed by atoms with van der Waals surface area (Å²) in [6.45, 7) is 1.32. The fourth-order valence-corrected chi connectivity index (χ4v) is 0.326. The van der Waals surface area contributed by atoms with Crippen LogP contribution in [0.5, 0.6) is 0 Å². The normalized spacial score (nSPS) is 12.5. The summed E-state index contributed by atoms with van der Waals surface area (Å²) in [4.78, 5) is 28.6. The van der Waals surface area contributed by atoms with E-state index in [2.05, 4.69) is 5.32 Å². The Morgan fingerprint density at radius 2 is 1.55 bits per heavy atom. The molecule has 1 aliphatic heterocycles. The van der Waals surface area contributed by atoms with Gasteiger partial charge < -0.3 is 19.7 Å². The Labute approximate surface area is 89.3 Å². The van der Waals surface area contributed by atoms with E-state index in [-0.39, 0.29) is 32.7 Å². The van der Waals surface area contributed by atoms with Gasteiger partial charge in [0.2, 0.25) is 0 Å². The van der Waals surface area contributed by atoms with Crippen molar-refractivity contribution in [3.8, 4) is 0 Å². The second-order valence-electron chi connectivity index (χ2n) is 1.33. The molecule has 1 rings (SSSR count). The first kappa shape index (κ1) is 13.3. The fourth-order valence-electron chi connectivity index (χ4n) is 0.326. The first-order valence-electron chi connectivity index (χ1n) is 2.47. The van der Waals surface area contributed by atoms with Crippen LogP contribution in [-0.2, 0) is 47.1 Å². The first-order chi connectivity index (χ1) is 4.70. The molecule has 0 saturated carbocycles. The molecule has 5 heteroatoms. The van der Waals surface area contributed by atoms with E-state index in [0.29, 0.717) is 0 Å². The van der Waals surface area contributed by atoms with Crippen LogP contribution in [0.4, 0.5) is 0 Å². The van der Waals surface area contributed by atoms with Crippen LogP contribution in [0.2, 0.25) is 0 Å². The molecule has 0 aromatic carbocycles. The molecule has 1 heterocycles. The second kappa shape index (κ2) is 7.76. The zero-order valence-electron chi connectivity index (χ0n) is 5.90. The van der Waals surface area contributed by atoms with Gasteiger partial charge in [-0.1, -0.05) is 0 Å². The summed E-state index contributed by atoms with van der Waals surface area (Å²) in [6.07, 6.45) is 3.78. The van der Waals surface area contributed by atoms with Crippen LogP contribution in [0.25, 0.3) is 5.32 Å². The van der Waals surface area contributed by atoms with Crippen LogP contribution in [0.15, 0.2) is 12.2 Å².